The summed E-state index contributed by atoms with van der Waals surface area (Å²) < 4.78 is 12.6. The van der Waals surface area contributed by atoms with E-state index in [4.69, 9.17) is 5.73 Å². The van der Waals surface area contributed by atoms with Gasteiger partial charge in [-0.3, -0.25) is 0 Å². The number of thiazole rings is 1. The highest BCUT2D eigenvalue weighted by Gasteiger charge is 1.96. The molecule has 0 unspecified atom stereocenters. The molecule has 0 fully saturated rings. The van der Waals surface area contributed by atoms with Crippen molar-refractivity contribution in [3.63, 3.8) is 0 Å². The lowest BCUT2D eigenvalue weighted by molar-refractivity contribution is 0.627. The fourth-order valence-electron chi connectivity index (χ4n) is 1.01. The first-order valence-electron chi connectivity index (χ1n) is 4.22. The van der Waals surface area contributed by atoms with E-state index in [-0.39, 0.29) is 5.82 Å². The normalized spacial score (nSPS) is 9.40. The van der Waals surface area contributed by atoms with E-state index in [1.807, 2.05) is 0 Å². The molecule has 1 heterocycles. The summed E-state index contributed by atoms with van der Waals surface area (Å²) in [5.41, 5.74) is 7.96. The third-order valence-corrected chi connectivity index (χ3v) is 2.52. The van der Waals surface area contributed by atoms with Gasteiger partial charge in [0.1, 0.15) is 16.5 Å². The molecule has 0 bridgehead atoms. The predicted molar refractivity (Wildman–Crippen MR) is 58.9 cm³/mol. The smallest absolute Gasteiger partial charge is 0.150 e. The van der Waals surface area contributed by atoms with Crippen LogP contribution in [0.2, 0.25) is 0 Å². The van der Waals surface area contributed by atoms with E-state index in [0.717, 1.165) is 10.4 Å². The second-order valence-electron chi connectivity index (χ2n) is 2.82. The average molecular weight is 218 g/mol. The van der Waals surface area contributed by atoms with Crippen molar-refractivity contribution in [2.24, 2.45) is 0 Å². The van der Waals surface area contributed by atoms with Gasteiger partial charge in [-0.2, -0.15) is 0 Å². The number of benzene rings is 1. The van der Waals surface area contributed by atoms with Crippen LogP contribution in [0.15, 0.2) is 29.8 Å². The second kappa shape index (κ2) is 4.11. The minimum absolute atomic E-state index is 0.266. The molecule has 0 amide bonds. The summed E-state index contributed by atoms with van der Waals surface area (Å²) in [6, 6.07) is 6.00. The Morgan fingerprint density at radius 2 is 1.93 bits per heavy atom. The molecule has 0 aliphatic rings. The van der Waals surface area contributed by atoms with Gasteiger partial charge in [0.2, 0.25) is 0 Å². The lowest BCUT2D eigenvalue weighted by Gasteiger charge is -1.88. The van der Waals surface area contributed by atoms with Crippen LogP contribution in [0.4, 0.5) is 10.2 Å². The highest BCUT2D eigenvalue weighted by molar-refractivity contribution is 7.10. The van der Waals surface area contributed by atoms with Gasteiger partial charge < -0.3 is 5.73 Å². The van der Waals surface area contributed by atoms with Gasteiger partial charge in [-0.15, -0.1) is 11.3 Å². The van der Waals surface area contributed by atoms with Crippen molar-refractivity contribution >= 4 is 17.2 Å². The fraction of sp³-hybridized carbons (Fsp3) is 0. The predicted octanol–water partition coefficient (Wildman–Crippen LogP) is 2.26. The van der Waals surface area contributed by atoms with Crippen LogP contribution in [-0.4, -0.2) is 4.98 Å². The van der Waals surface area contributed by atoms with Crippen LogP contribution in [0.3, 0.4) is 0 Å². The maximum Gasteiger partial charge on any atom is 0.150 e. The lowest BCUT2D eigenvalue weighted by atomic mass is 10.2. The van der Waals surface area contributed by atoms with Gasteiger partial charge in [-0.25, -0.2) is 9.37 Å². The number of hydrogen-bond donors (Lipinski definition) is 1. The van der Waals surface area contributed by atoms with Crippen LogP contribution in [0.1, 0.15) is 10.4 Å². The maximum absolute atomic E-state index is 12.6. The first-order chi connectivity index (χ1) is 7.25. The number of nitrogens with two attached hydrogens (primary N) is 1. The summed E-state index contributed by atoms with van der Waals surface area (Å²) in [7, 11) is 0. The van der Waals surface area contributed by atoms with E-state index >= 15 is 0 Å². The van der Waals surface area contributed by atoms with Gasteiger partial charge in [0.25, 0.3) is 0 Å². The van der Waals surface area contributed by atoms with Crippen LogP contribution in [0, 0.1) is 17.7 Å². The van der Waals surface area contributed by atoms with Gasteiger partial charge in [0.15, 0.2) is 0 Å². The van der Waals surface area contributed by atoms with Gasteiger partial charge in [0, 0.05) is 5.56 Å². The Morgan fingerprint density at radius 3 is 2.53 bits per heavy atom. The second-order valence-corrected chi connectivity index (χ2v) is 3.68. The Hall–Kier alpha value is -1.86. The molecule has 2 nitrogen and oxygen atoms in total. The number of nitrogen functional groups attached to an aromatic ring is 1. The minimum Gasteiger partial charge on any atom is -0.382 e. The maximum atomic E-state index is 12.6. The summed E-state index contributed by atoms with van der Waals surface area (Å²) in [4.78, 5) is 4.61. The van der Waals surface area contributed by atoms with Crippen LogP contribution in [0.25, 0.3) is 0 Å². The number of hydrogen-bond acceptors (Lipinski definition) is 3. The highest BCUT2D eigenvalue weighted by atomic mass is 32.1. The molecule has 2 aromatic rings. The molecule has 0 aliphatic heterocycles. The van der Waals surface area contributed by atoms with Gasteiger partial charge in [-0.1, -0.05) is 5.92 Å². The number of anilines is 1. The molecule has 0 aliphatic carbocycles. The van der Waals surface area contributed by atoms with E-state index in [1.165, 1.54) is 23.5 Å². The monoisotopic (exact) mass is 218 g/mol. The number of aromatic nitrogens is 1. The van der Waals surface area contributed by atoms with Gasteiger partial charge in [0.05, 0.1) is 5.51 Å². The molecule has 0 saturated carbocycles. The summed E-state index contributed by atoms with van der Waals surface area (Å²) >= 11 is 1.39. The fourth-order valence-corrected chi connectivity index (χ4v) is 1.57. The van der Waals surface area contributed by atoms with Crippen molar-refractivity contribution in [3.05, 3.63) is 46.0 Å². The van der Waals surface area contributed by atoms with Gasteiger partial charge >= 0.3 is 0 Å². The molecule has 0 saturated heterocycles. The summed E-state index contributed by atoms with van der Waals surface area (Å²) in [6.45, 7) is 0. The molecule has 4 heteroatoms. The molecule has 74 valence electrons. The molecule has 0 spiro atoms. The third-order valence-electron chi connectivity index (χ3n) is 1.76. The molecule has 0 radical (unpaired) electrons. The van der Waals surface area contributed by atoms with Crippen LogP contribution < -0.4 is 5.73 Å². The molecule has 0 atom stereocenters. The summed E-state index contributed by atoms with van der Waals surface area (Å²) in [5, 5.41) is 0. The van der Waals surface area contributed by atoms with E-state index in [9.17, 15) is 4.39 Å². The SMILES string of the molecule is Nc1ncsc1C#Cc1ccc(F)cc1. The van der Waals surface area contributed by atoms with Crippen molar-refractivity contribution < 1.29 is 4.39 Å². The topological polar surface area (TPSA) is 38.9 Å². The molecule has 2 N–H and O–H groups in total. The van der Waals surface area contributed by atoms with Crippen LogP contribution in [-0.2, 0) is 0 Å². The number of halogens is 1. The van der Waals surface area contributed by atoms with Crippen molar-refractivity contribution in [1.29, 1.82) is 0 Å². The Balaban J connectivity index is 2.26. The largest absolute Gasteiger partial charge is 0.382 e. The van der Waals surface area contributed by atoms with E-state index in [1.54, 1.807) is 17.6 Å². The summed E-state index contributed by atoms with van der Waals surface area (Å²) in [6.07, 6.45) is 0. The zero-order valence-electron chi connectivity index (χ0n) is 7.70. The first kappa shape index (κ1) is 9.69. The lowest BCUT2D eigenvalue weighted by Crippen LogP contribution is -1.86. The van der Waals surface area contributed by atoms with Crippen molar-refractivity contribution in [2.45, 2.75) is 0 Å². The minimum atomic E-state index is -0.266. The summed E-state index contributed by atoms with van der Waals surface area (Å²) in [5.74, 6) is 5.95. The van der Waals surface area contributed by atoms with E-state index in [2.05, 4.69) is 16.8 Å². The average Bonchev–Trinajstić information content (AvgIpc) is 2.63. The number of nitrogens with zero attached hydrogens (tertiary/aromatic N) is 1. The Kier molecular flexibility index (Phi) is 2.66. The first-order valence-corrected chi connectivity index (χ1v) is 5.10. The Morgan fingerprint density at radius 1 is 1.20 bits per heavy atom. The van der Waals surface area contributed by atoms with Crippen molar-refractivity contribution in [3.8, 4) is 11.8 Å². The van der Waals surface area contributed by atoms with Crippen LogP contribution >= 0.6 is 11.3 Å². The molecular formula is C11H7FN2S. The van der Waals surface area contributed by atoms with Crippen molar-refractivity contribution in [2.75, 3.05) is 5.73 Å². The van der Waals surface area contributed by atoms with E-state index < -0.39 is 0 Å². The third kappa shape index (κ3) is 2.33. The van der Waals surface area contributed by atoms with Crippen molar-refractivity contribution in [1.82, 2.24) is 4.98 Å². The Labute approximate surface area is 90.6 Å². The zero-order chi connectivity index (χ0) is 10.7. The molecule has 15 heavy (non-hydrogen) atoms. The standard InChI is InChI=1S/C11H7FN2S/c12-9-4-1-8(2-5-9)3-6-10-11(13)14-7-15-10/h1-2,4-5,7H,13H2. The highest BCUT2D eigenvalue weighted by Crippen LogP contribution is 2.13. The molecule has 1 aromatic carbocycles. The number of rotatable bonds is 0. The van der Waals surface area contributed by atoms with Crippen LogP contribution in [0.5, 0.6) is 0 Å². The molecule has 2 rings (SSSR count). The zero-order valence-corrected chi connectivity index (χ0v) is 8.51. The quantitative estimate of drug-likeness (QED) is 0.689. The Bertz CT molecular complexity index is 520. The van der Waals surface area contributed by atoms with Gasteiger partial charge in [-0.05, 0) is 30.2 Å². The molecular weight excluding hydrogens is 211 g/mol. The molecule has 1 aromatic heterocycles. The van der Waals surface area contributed by atoms with E-state index in [0.29, 0.717) is 5.82 Å².